The number of aromatic nitrogens is 3. The predicted molar refractivity (Wildman–Crippen MR) is 118 cm³/mol. The molecule has 0 radical (unpaired) electrons. The van der Waals surface area contributed by atoms with Gasteiger partial charge in [0.15, 0.2) is 0 Å². The summed E-state index contributed by atoms with van der Waals surface area (Å²) in [6.07, 6.45) is 1.65. The monoisotopic (exact) mass is 413 g/mol. The van der Waals surface area contributed by atoms with E-state index in [9.17, 15) is 14.4 Å². The minimum absolute atomic E-state index is 0.162. The Morgan fingerprint density at radius 3 is 2.32 bits per heavy atom. The molecule has 4 N–H and O–H groups in total. The van der Waals surface area contributed by atoms with Gasteiger partial charge in [-0.1, -0.05) is 18.2 Å². The maximum absolute atomic E-state index is 12.7. The zero-order chi connectivity index (χ0) is 21.8. The number of pyridine rings is 1. The third kappa shape index (κ3) is 4.76. The minimum atomic E-state index is -0.448. The number of rotatable bonds is 5. The zero-order valence-corrected chi connectivity index (χ0v) is 16.6. The van der Waals surface area contributed by atoms with E-state index in [0.717, 1.165) is 11.3 Å². The normalized spacial score (nSPS) is 10.5. The van der Waals surface area contributed by atoms with Gasteiger partial charge in [-0.25, -0.2) is 0 Å². The molecule has 2 aromatic carbocycles. The predicted octanol–water partition coefficient (Wildman–Crippen LogP) is 3.58. The molecule has 0 unspecified atom stereocenters. The lowest BCUT2D eigenvalue weighted by atomic mass is 10.1. The molecule has 0 atom stereocenters. The third-order valence-corrected chi connectivity index (χ3v) is 4.55. The average Bonchev–Trinajstić information content (AvgIpc) is 3.28. The zero-order valence-electron chi connectivity index (χ0n) is 16.6. The molecule has 0 spiro atoms. The van der Waals surface area contributed by atoms with Crippen LogP contribution in [0.15, 0.2) is 77.7 Å². The Morgan fingerprint density at radius 2 is 1.61 bits per heavy atom. The van der Waals surface area contributed by atoms with Crippen molar-refractivity contribution in [1.29, 1.82) is 0 Å². The van der Waals surface area contributed by atoms with E-state index < -0.39 is 5.91 Å². The number of aromatic amines is 2. The lowest BCUT2D eigenvalue weighted by Gasteiger charge is -2.10. The summed E-state index contributed by atoms with van der Waals surface area (Å²) in [7, 11) is 0. The molecule has 2 heterocycles. The maximum atomic E-state index is 12.7. The van der Waals surface area contributed by atoms with Crippen LogP contribution in [-0.2, 0) is 0 Å². The van der Waals surface area contributed by atoms with E-state index in [1.54, 1.807) is 61.7 Å². The highest BCUT2D eigenvalue weighted by atomic mass is 16.2. The number of nitrogens with zero attached hydrogens (tertiary/aromatic N) is 1. The van der Waals surface area contributed by atoms with Crippen LogP contribution in [0.4, 0.5) is 11.4 Å². The van der Waals surface area contributed by atoms with Crippen LogP contribution in [0.25, 0.3) is 11.3 Å². The molecule has 0 fully saturated rings. The van der Waals surface area contributed by atoms with E-state index in [1.807, 2.05) is 12.1 Å². The molecule has 154 valence electrons. The van der Waals surface area contributed by atoms with Crippen LogP contribution in [0.3, 0.4) is 0 Å². The summed E-state index contributed by atoms with van der Waals surface area (Å²) in [5.74, 6) is -0.732. The highest BCUT2D eigenvalue weighted by molar-refractivity contribution is 6.06. The first-order valence-electron chi connectivity index (χ1n) is 9.51. The van der Waals surface area contributed by atoms with Crippen molar-refractivity contribution in [1.82, 2.24) is 15.2 Å². The molecule has 31 heavy (non-hydrogen) atoms. The highest BCUT2D eigenvalue weighted by Crippen LogP contribution is 2.20. The molecule has 8 nitrogen and oxygen atoms in total. The highest BCUT2D eigenvalue weighted by Gasteiger charge is 2.11. The third-order valence-electron chi connectivity index (χ3n) is 4.55. The Balaban J connectivity index is 1.48. The van der Waals surface area contributed by atoms with Crippen LogP contribution in [-0.4, -0.2) is 27.0 Å². The lowest BCUT2D eigenvalue weighted by molar-refractivity contribution is 0.101. The van der Waals surface area contributed by atoms with Crippen LogP contribution >= 0.6 is 0 Å². The number of hydrogen-bond acceptors (Lipinski definition) is 4. The van der Waals surface area contributed by atoms with Crippen molar-refractivity contribution in [2.24, 2.45) is 0 Å². The van der Waals surface area contributed by atoms with E-state index in [-0.39, 0.29) is 17.2 Å². The van der Waals surface area contributed by atoms with Crippen molar-refractivity contribution in [3.05, 3.63) is 100 Å². The van der Waals surface area contributed by atoms with E-state index >= 15 is 0 Å². The standard InChI is InChI=1S/C23H19N5O3/c1-14-10-20(27-21(29)11-14)23(31)26-18-7-3-6-17(13-18)25-22(30)16-5-2-4-15(12-16)19-8-9-24-28-19/h2-13H,1H3,(H,24,28)(H,25,30)(H,26,31)(H,27,29). The van der Waals surface area contributed by atoms with Gasteiger partial charge in [0.05, 0.1) is 5.69 Å². The van der Waals surface area contributed by atoms with Gasteiger partial charge in [0.25, 0.3) is 11.8 Å². The average molecular weight is 413 g/mol. The van der Waals surface area contributed by atoms with Crippen molar-refractivity contribution < 1.29 is 9.59 Å². The Morgan fingerprint density at radius 1 is 0.871 bits per heavy atom. The smallest absolute Gasteiger partial charge is 0.272 e. The summed E-state index contributed by atoms with van der Waals surface area (Å²) in [5.41, 5.74) is 3.65. The first kappa shape index (κ1) is 19.8. The Kier molecular flexibility index (Phi) is 5.44. The second-order valence-corrected chi connectivity index (χ2v) is 6.98. The largest absolute Gasteiger partial charge is 0.322 e. The van der Waals surface area contributed by atoms with Crippen LogP contribution < -0.4 is 16.2 Å². The van der Waals surface area contributed by atoms with Crippen LogP contribution in [0.5, 0.6) is 0 Å². The van der Waals surface area contributed by atoms with Gasteiger partial charge in [0.1, 0.15) is 5.69 Å². The Hall–Kier alpha value is -4.46. The fourth-order valence-corrected chi connectivity index (χ4v) is 3.12. The van der Waals surface area contributed by atoms with Gasteiger partial charge in [0, 0.05) is 34.8 Å². The van der Waals surface area contributed by atoms with Crippen molar-refractivity contribution in [3.8, 4) is 11.3 Å². The SMILES string of the molecule is Cc1cc(C(=O)Nc2cccc(NC(=O)c3cccc(-c4ccn[nH]4)c3)c2)[nH]c(=O)c1. The van der Waals surface area contributed by atoms with Gasteiger partial charge < -0.3 is 15.6 Å². The number of carbonyl (C=O) groups excluding carboxylic acids is 2. The second kappa shape index (κ2) is 8.50. The van der Waals surface area contributed by atoms with Gasteiger partial charge >= 0.3 is 0 Å². The van der Waals surface area contributed by atoms with Gasteiger partial charge in [-0.2, -0.15) is 5.10 Å². The lowest BCUT2D eigenvalue weighted by Crippen LogP contribution is -2.19. The van der Waals surface area contributed by atoms with E-state index in [4.69, 9.17) is 0 Å². The summed E-state index contributed by atoms with van der Waals surface area (Å²) < 4.78 is 0. The Bertz CT molecular complexity index is 1310. The first-order chi connectivity index (χ1) is 15.0. The number of carbonyl (C=O) groups is 2. The summed E-state index contributed by atoms with van der Waals surface area (Å²) in [4.78, 5) is 39.2. The summed E-state index contributed by atoms with van der Waals surface area (Å²) >= 11 is 0. The van der Waals surface area contributed by atoms with Crippen molar-refractivity contribution in [3.63, 3.8) is 0 Å². The summed E-state index contributed by atoms with van der Waals surface area (Å²) in [5, 5.41) is 12.3. The van der Waals surface area contributed by atoms with Crippen molar-refractivity contribution in [2.45, 2.75) is 6.92 Å². The van der Waals surface area contributed by atoms with Crippen LogP contribution in [0.2, 0.25) is 0 Å². The molecule has 2 aromatic heterocycles. The fraction of sp³-hybridized carbons (Fsp3) is 0.0435. The van der Waals surface area contributed by atoms with Crippen molar-refractivity contribution in [2.75, 3.05) is 10.6 Å². The number of aryl methyl sites for hydroxylation is 1. The first-order valence-corrected chi connectivity index (χ1v) is 9.51. The van der Waals surface area contributed by atoms with Crippen LogP contribution in [0, 0.1) is 6.92 Å². The number of hydrogen-bond donors (Lipinski definition) is 4. The second-order valence-electron chi connectivity index (χ2n) is 6.98. The molecule has 0 saturated carbocycles. The van der Waals surface area contributed by atoms with Crippen molar-refractivity contribution >= 4 is 23.2 Å². The summed E-state index contributed by atoms with van der Waals surface area (Å²) in [6.45, 7) is 1.74. The molecular formula is C23H19N5O3. The van der Waals surface area contributed by atoms with E-state index in [0.29, 0.717) is 22.5 Å². The molecule has 2 amide bonds. The van der Waals surface area contributed by atoms with Gasteiger partial charge in [-0.15, -0.1) is 0 Å². The molecule has 0 saturated heterocycles. The number of H-pyrrole nitrogens is 2. The maximum Gasteiger partial charge on any atom is 0.272 e. The number of nitrogens with one attached hydrogen (secondary N) is 4. The molecule has 8 heteroatoms. The van der Waals surface area contributed by atoms with Gasteiger partial charge in [0.2, 0.25) is 5.56 Å². The topological polar surface area (TPSA) is 120 Å². The number of benzene rings is 2. The fourth-order valence-electron chi connectivity index (χ4n) is 3.12. The Labute approximate surface area is 177 Å². The molecular weight excluding hydrogens is 394 g/mol. The molecule has 0 aliphatic rings. The van der Waals surface area contributed by atoms with Gasteiger partial charge in [-0.05, 0) is 55.0 Å². The molecule has 0 aliphatic heterocycles. The van der Waals surface area contributed by atoms with E-state index in [2.05, 4.69) is 25.8 Å². The van der Waals surface area contributed by atoms with Gasteiger partial charge in [-0.3, -0.25) is 19.5 Å². The van der Waals surface area contributed by atoms with E-state index in [1.165, 1.54) is 6.07 Å². The molecule has 0 bridgehead atoms. The molecule has 4 rings (SSSR count). The summed E-state index contributed by atoms with van der Waals surface area (Å²) in [6, 6.07) is 18.8. The van der Waals surface area contributed by atoms with Crippen LogP contribution in [0.1, 0.15) is 26.4 Å². The minimum Gasteiger partial charge on any atom is -0.322 e. The molecule has 0 aliphatic carbocycles. The number of amides is 2. The number of anilines is 2. The quantitative estimate of drug-likeness (QED) is 0.400. The molecule has 4 aromatic rings.